The minimum atomic E-state index is 0.0564. The summed E-state index contributed by atoms with van der Waals surface area (Å²) in [7, 11) is 1.85. The van der Waals surface area contributed by atoms with E-state index in [1.54, 1.807) is 10.9 Å². The monoisotopic (exact) mass is 217 g/mol. The maximum Gasteiger partial charge on any atom is 0.0842 e. The first-order chi connectivity index (χ1) is 7.74. The van der Waals surface area contributed by atoms with Gasteiger partial charge in [0.1, 0.15) is 0 Å². The standard InChI is InChI=1S/C11H15N5/c1-16-8-11(14-15-16)6-10(12)5-9-3-2-4-13-7-9/h2-4,7-8,10H,5-6,12H2,1H3. The molecule has 1 unspecified atom stereocenters. The number of nitrogens with two attached hydrogens (primary N) is 1. The number of hydrogen-bond donors (Lipinski definition) is 1. The van der Waals surface area contributed by atoms with Gasteiger partial charge in [0, 0.05) is 38.1 Å². The number of nitrogens with zero attached hydrogens (tertiary/aromatic N) is 4. The second kappa shape index (κ2) is 4.85. The van der Waals surface area contributed by atoms with Crippen LogP contribution in [0.25, 0.3) is 0 Å². The van der Waals surface area contributed by atoms with E-state index in [9.17, 15) is 0 Å². The lowest BCUT2D eigenvalue weighted by molar-refractivity contribution is 0.650. The molecule has 0 bridgehead atoms. The van der Waals surface area contributed by atoms with Crippen LogP contribution in [0.5, 0.6) is 0 Å². The third-order valence-electron chi connectivity index (χ3n) is 2.34. The number of hydrogen-bond acceptors (Lipinski definition) is 4. The summed E-state index contributed by atoms with van der Waals surface area (Å²) >= 11 is 0. The van der Waals surface area contributed by atoms with Gasteiger partial charge in [0.2, 0.25) is 0 Å². The molecule has 5 nitrogen and oxygen atoms in total. The van der Waals surface area contributed by atoms with Crippen LogP contribution in [0.4, 0.5) is 0 Å². The SMILES string of the molecule is Cn1cc(CC(N)Cc2cccnc2)nn1. The minimum Gasteiger partial charge on any atom is -0.327 e. The fourth-order valence-electron chi connectivity index (χ4n) is 1.65. The van der Waals surface area contributed by atoms with E-state index in [0.29, 0.717) is 0 Å². The Bertz CT molecular complexity index is 437. The quantitative estimate of drug-likeness (QED) is 0.801. The molecule has 0 spiro atoms. The molecule has 0 aromatic carbocycles. The Balaban J connectivity index is 1.92. The maximum atomic E-state index is 6.04. The van der Waals surface area contributed by atoms with Gasteiger partial charge < -0.3 is 5.73 Å². The number of aryl methyl sites for hydroxylation is 1. The highest BCUT2D eigenvalue weighted by atomic mass is 15.4. The van der Waals surface area contributed by atoms with Crippen LogP contribution in [0.3, 0.4) is 0 Å². The molecule has 2 N–H and O–H groups in total. The van der Waals surface area contributed by atoms with E-state index < -0.39 is 0 Å². The highest BCUT2D eigenvalue weighted by Crippen LogP contribution is 2.04. The van der Waals surface area contributed by atoms with Gasteiger partial charge in [-0.25, -0.2) is 0 Å². The zero-order valence-corrected chi connectivity index (χ0v) is 9.24. The van der Waals surface area contributed by atoms with Crippen molar-refractivity contribution < 1.29 is 0 Å². The number of pyridine rings is 1. The summed E-state index contributed by atoms with van der Waals surface area (Å²) in [5.74, 6) is 0. The first-order valence-corrected chi connectivity index (χ1v) is 5.24. The third-order valence-corrected chi connectivity index (χ3v) is 2.34. The summed E-state index contributed by atoms with van der Waals surface area (Å²) in [4.78, 5) is 4.06. The van der Waals surface area contributed by atoms with Gasteiger partial charge in [-0.3, -0.25) is 9.67 Å². The predicted molar refractivity (Wildman–Crippen MR) is 60.6 cm³/mol. The van der Waals surface area contributed by atoms with Gasteiger partial charge in [-0.2, -0.15) is 0 Å². The van der Waals surface area contributed by atoms with Gasteiger partial charge in [-0.05, 0) is 18.1 Å². The van der Waals surface area contributed by atoms with Crippen LogP contribution in [0.2, 0.25) is 0 Å². The van der Waals surface area contributed by atoms with Crippen molar-refractivity contribution >= 4 is 0 Å². The fourth-order valence-corrected chi connectivity index (χ4v) is 1.65. The molecule has 0 saturated heterocycles. The molecule has 1 atom stereocenters. The van der Waals surface area contributed by atoms with Crippen LogP contribution in [0.15, 0.2) is 30.7 Å². The molecular formula is C11H15N5. The highest BCUT2D eigenvalue weighted by Gasteiger charge is 2.07. The lowest BCUT2D eigenvalue weighted by Crippen LogP contribution is -2.25. The predicted octanol–water partition coefficient (Wildman–Crippen LogP) is 0.323. The van der Waals surface area contributed by atoms with Gasteiger partial charge in [-0.1, -0.05) is 11.3 Å². The van der Waals surface area contributed by atoms with Crippen LogP contribution in [0.1, 0.15) is 11.3 Å². The largest absolute Gasteiger partial charge is 0.327 e. The van der Waals surface area contributed by atoms with Crippen molar-refractivity contribution in [3.05, 3.63) is 42.0 Å². The third kappa shape index (κ3) is 2.87. The second-order valence-corrected chi connectivity index (χ2v) is 3.91. The zero-order valence-electron chi connectivity index (χ0n) is 9.24. The van der Waals surface area contributed by atoms with Crippen molar-refractivity contribution in [3.8, 4) is 0 Å². The van der Waals surface area contributed by atoms with Crippen LogP contribution in [-0.4, -0.2) is 26.0 Å². The van der Waals surface area contributed by atoms with E-state index in [-0.39, 0.29) is 6.04 Å². The Labute approximate surface area is 94.3 Å². The molecule has 2 aromatic rings. The maximum absolute atomic E-state index is 6.04. The summed E-state index contributed by atoms with van der Waals surface area (Å²) in [5, 5.41) is 7.89. The Morgan fingerprint density at radius 2 is 2.31 bits per heavy atom. The summed E-state index contributed by atoms with van der Waals surface area (Å²) in [6, 6.07) is 4.01. The average Bonchev–Trinajstić information content (AvgIpc) is 2.65. The first-order valence-electron chi connectivity index (χ1n) is 5.24. The van der Waals surface area contributed by atoms with E-state index >= 15 is 0 Å². The van der Waals surface area contributed by atoms with E-state index in [1.165, 1.54) is 0 Å². The molecule has 2 rings (SSSR count). The molecule has 84 valence electrons. The molecule has 5 heteroatoms. The second-order valence-electron chi connectivity index (χ2n) is 3.91. The summed E-state index contributed by atoms with van der Waals surface area (Å²) < 4.78 is 1.69. The molecule has 0 amide bonds. The Kier molecular flexibility index (Phi) is 3.26. The minimum absolute atomic E-state index is 0.0564. The summed E-state index contributed by atoms with van der Waals surface area (Å²) in [6.45, 7) is 0. The molecule has 2 heterocycles. The van der Waals surface area contributed by atoms with E-state index in [1.807, 2.05) is 31.6 Å². The van der Waals surface area contributed by atoms with E-state index in [0.717, 1.165) is 24.1 Å². The fraction of sp³-hybridized carbons (Fsp3) is 0.364. The topological polar surface area (TPSA) is 69.6 Å². The highest BCUT2D eigenvalue weighted by molar-refractivity contribution is 5.11. The molecule has 2 aromatic heterocycles. The Morgan fingerprint density at radius 3 is 2.94 bits per heavy atom. The average molecular weight is 217 g/mol. The number of rotatable bonds is 4. The Hall–Kier alpha value is -1.75. The smallest absolute Gasteiger partial charge is 0.0842 e. The zero-order chi connectivity index (χ0) is 11.4. The van der Waals surface area contributed by atoms with Crippen LogP contribution in [0, 0.1) is 0 Å². The van der Waals surface area contributed by atoms with Crippen molar-refractivity contribution in [1.82, 2.24) is 20.0 Å². The van der Waals surface area contributed by atoms with E-state index in [2.05, 4.69) is 15.3 Å². The first kappa shape index (κ1) is 10.8. The lowest BCUT2D eigenvalue weighted by atomic mass is 10.0. The van der Waals surface area contributed by atoms with Gasteiger partial charge in [0.25, 0.3) is 0 Å². The van der Waals surface area contributed by atoms with Crippen molar-refractivity contribution in [2.75, 3.05) is 0 Å². The van der Waals surface area contributed by atoms with Gasteiger partial charge in [0.05, 0.1) is 5.69 Å². The summed E-state index contributed by atoms with van der Waals surface area (Å²) in [6.07, 6.45) is 7.05. The van der Waals surface area contributed by atoms with Gasteiger partial charge >= 0.3 is 0 Å². The lowest BCUT2D eigenvalue weighted by Gasteiger charge is -2.08. The summed E-state index contributed by atoms with van der Waals surface area (Å²) in [5.41, 5.74) is 8.12. The molecule has 0 aliphatic heterocycles. The molecular weight excluding hydrogens is 202 g/mol. The van der Waals surface area contributed by atoms with Crippen molar-refractivity contribution in [1.29, 1.82) is 0 Å². The molecule has 0 fully saturated rings. The molecule has 0 aliphatic rings. The van der Waals surface area contributed by atoms with Gasteiger partial charge in [0.15, 0.2) is 0 Å². The Morgan fingerprint density at radius 1 is 1.44 bits per heavy atom. The van der Waals surface area contributed by atoms with Crippen molar-refractivity contribution in [2.24, 2.45) is 12.8 Å². The van der Waals surface area contributed by atoms with Crippen molar-refractivity contribution in [3.63, 3.8) is 0 Å². The van der Waals surface area contributed by atoms with Crippen molar-refractivity contribution in [2.45, 2.75) is 18.9 Å². The molecule has 0 aliphatic carbocycles. The van der Waals surface area contributed by atoms with Crippen LogP contribution >= 0.6 is 0 Å². The number of aromatic nitrogens is 4. The van der Waals surface area contributed by atoms with Crippen LogP contribution < -0.4 is 5.73 Å². The molecule has 16 heavy (non-hydrogen) atoms. The molecule has 0 radical (unpaired) electrons. The molecule has 0 saturated carbocycles. The van der Waals surface area contributed by atoms with E-state index in [4.69, 9.17) is 5.73 Å². The van der Waals surface area contributed by atoms with Crippen LogP contribution in [-0.2, 0) is 19.9 Å². The van der Waals surface area contributed by atoms with Gasteiger partial charge in [-0.15, -0.1) is 5.10 Å². The normalized spacial score (nSPS) is 12.6.